The van der Waals surface area contributed by atoms with E-state index in [4.69, 9.17) is 0 Å². The van der Waals surface area contributed by atoms with Crippen LogP contribution in [0, 0.1) is 0 Å². The summed E-state index contributed by atoms with van der Waals surface area (Å²) in [6.07, 6.45) is 8.55. The van der Waals surface area contributed by atoms with Crippen molar-refractivity contribution in [2.75, 3.05) is 0 Å². The molecule has 1 heterocycles. The van der Waals surface area contributed by atoms with Gasteiger partial charge in [-0.2, -0.15) is 0 Å². The summed E-state index contributed by atoms with van der Waals surface area (Å²) >= 11 is 0. The summed E-state index contributed by atoms with van der Waals surface area (Å²) in [6.45, 7) is 2.16. The maximum absolute atomic E-state index is 12.1. The molecule has 4 heteroatoms. The van der Waals surface area contributed by atoms with Gasteiger partial charge >= 0.3 is 0 Å². The number of amides is 1. The van der Waals surface area contributed by atoms with Crippen LogP contribution in [0.2, 0.25) is 0 Å². The van der Waals surface area contributed by atoms with Crippen molar-refractivity contribution in [3.63, 3.8) is 0 Å². The van der Waals surface area contributed by atoms with Crippen LogP contribution in [-0.4, -0.2) is 10.9 Å². The molecule has 1 aromatic carbocycles. The van der Waals surface area contributed by atoms with Crippen LogP contribution in [0.5, 0.6) is 0 Å². The largest absolute Gasteiger partial charge is 0.298 e. The third kappa shape index (κ3) is 4.74. The van der Waals surface area contributed by atoms with Crippen LogP contribution >= 0.6 is 0 Å². The van der Waals surface area contributed by atoms with Crippen molar-refractivity contribution in [3.8, 4) is 0 Å². The van der Waals surface area contributed by atoms with Crippen LogP contribution in [0.4, 0.5) is 0 Å². The van der Waals surface area contributed by atoms with Gasteiger partial charge in [-0.25, -0.2) is 0 Å². The van der Waals surface area contributed by atoms with Crippen molar-refractivity contribution < 1.29 is 4.79 Å². The van der Waals surface area contributed by atoms with Gasteiger partial charge < -0.3 is 0 Å². The van der Waals surface area contributed by atoms with Gasteiger partial charge in [-0.15, -0.1) is 0 Å². The Labute approximate surface area is 131 Å². The predicted molar refractivity (Wildman–Crippen MR) is 88.8 cm³/mol. The highest BCUT2D eigenvalue weighted by Crippen LogP contribution is 2.12. The van der Waals surface area contributed by atoms with E-state index in [1.165, 1.54) is 0 Å². The molecule has 4 nitrogen and oxygen atoms in total. The number of hydrazine groups is 1. The molecule has 0 fully saturated rings. The topological polar surface area (TPSA) is 54.0 Å². The van der Waals surface area contributed by atoms with E-state index in [0.29, 0.717) is 5.56 Å². The Morgan fingerprint density at radius 1 is 1.05 bits per heavy atom. The number of pyridine rings is 1. The molecule has 0 atom stereocenters. The van der Waals surface area contributed by atoms with Gasteiger partial charge in [0.2, 0.25) is 0 Å². The van der Waals surface area contributed by atoms with Gasteiger partial charge in [0.15, 0.2) is 0 Å². The SMILES string of the molecule is CCCC/C=C(\NNC(=O)c1ccncc1)c1ccccc1. The van der Waals surface area contributed by atoms with Gasteiger partial charge in [-0.05, 0) is 30.5 Å². The molecule has 2 aromatic rings. The van der Waals surface area contributed by atoms with E-state index >= 15 is 0 Å². The lowest BCUT2D eigenvalue weighted by Gasteiger charge is -2.13. The zero-order valence-corrected chi connectivity index (χ0v) is 12.8. The van der Waals surface area contributed by atoms with E-state index in [0.717, 1.165) is 30.5 Å². The second-order valence-electron chi connectivity index (χ2n) is 4.94. The smallest absolute Gasteiger partial charge is 0.269 e. The highest BCUT2D eigenvalue weighted by Gasteiger charge is 2.06. The summed E-state index contributed by atoms with van der Waals surface area (Å²) in [5.74, 6) is -0.181. The molecular formula is C18H21N3O. The van der Waals surface area contributed by atoms with Crippen molar-refractivity contribution in [2.24, 2.45) is 0 Å². The molecule has 1 amide bonds. The molecule has 114 valence electrons. The molecule has 0 aliphatic carbocycles. The lowest BCUT2D eigenvalue weighted by atomic mass is 10.1. The third-order valence-corrected chi connectivity index (χ3v) is 3.24. The standard InChI is InChI=1S/C18H21N3O/c1-2-3-5-10-17(15-8-6-4-7-9-15)20-21-18(22)16-11-13-19-14-12-16/h4,6-14,20H,2-3,5H2,1H3,(H,21,22)/b17-10-. The van der Waals surface area contributed by atoms with E-state index in [1.54, 1.807) is 24.5 Å². The molecule has 1 aromatic heterocycles. The minimum Gasteiger partial charge on any atom is -0.298 e. The number of unbranched alkanes of at least 4 members (excludes halogenated alkanes) is 2. The maximum Gasteiger partial charge on any atom is 0.269 e. The second-order valence-corrected chi connectivity index (χ2v) is 4.94. The van der Waals surface area contributed by atoms with Gasteiger partial charge in [0, 0.05) is 18.0 Å². The van der Waals surface area contributed by atoms with Gasteiger partial charge in [-0.1, -0.05) is 49.8 Å². The molecule has 0 unspecified atom stereocenters. The Bertz CT molecular complexity index is 609. The van der Waals surface area contributed by atoms with Crippen LogP contribution in [-0.2, 0) is 0 Å². The molecule has 0 bridgehead atoms. The zero-order chi connectivity index (χ0) is 15.6. The van der Waals surface area contributed by atoms with Gasteiger partial charge in [-0.3, -0.25) is 20.6 Å². The van der Waals surface area contributed by atoms with Crippen LogP contribution in [0.1, 0.15) is 42.1 Å². The normalized spacial score (nSPS) is 11.0. The van der Waals surface area contributed by atoms with Crippen molar-refractivity contribution in [1.29, 1.82) is 0 Å². The molecule has 0 saturated heterocycles. The molecule has 0 aliphatic heterocycles. The third-order valence-electron chi connectivity index (χ3n) is 3.24. The first kappa shape index (κ1) is 15.8. The Morgan fingerprint density at radius 3 is 2.45 bits per heavy atom. The number of nitrogens with one attached hydrogen (secondary N) is 2. The Kier molecular flexibility index (Phi) is 6.18. The fraction of sp³-hybridized carbons (Fsp3) is 0.222. The van der Waals surface area contributed by atoms with Crippen molar-refractivity contribution >= 4 is 11.6 Å². The van der Waals surface area contributed by atoms with Gasteiger partial charge in [0.25, 0.3) is 5.91 Å². The molecule has 22 heavy (non-hydrogen) atoms. The average molecular weight is 295 g/mol. The van der Waals surface area contributed by atoms with E-state index in [1.807, 2.05) is 30.3 Å². The van der Waals surface area contributed by atoms with Gasteiger partial charge in [0.05, 0.1) is 5.70 Å². The van der Waals surface area contributed by atoms with Crippen LogP contribution in [0.15, 0.2) is 60.9 Å². The number of allylic oxidation sites excluding steroid dienone is 1. The summed E-state index contributed by atoms with van der Waals surface area (Å²) in [7, 11) is 0. The number of carbonyl (C=O) groups is 1. The number of aromatic nitrogens is 1. The van der Waals surface area contributed by atoms with Crippen LogP contribution in [0.3, 0.4) is 0 Å². The van der Waals surface area contributed by atoms with Crippen molar-refractivity contribution in [2.45, 2.75) is 26.2 Å². The van der Waals surface area contributed by atoms with Crippen LogP contribution in [0.25, 0.3) is 5.70 Å². The zero-order valence-electron chi connectivity index (χ0n) is 12.8. The maximum atomic E-state index is 12.1. The van der Waals surface area contributed by atoms with Gasteiger partial charge in [0.1, 0.15) is 0 Å². The summed E-state index contributed by atoms with van der Waals surface area (Å²) in [6, 6.07) is 13.3. The monoisotopic (exact) mass is 295 g/mol. The van der Waals surface area contributed by atoms with Crippen LogP contribution < -0.4 is 10.9 Å². The lowest BCUT2D eigenvalue weighted by molar-refractivity contribution is 0.0942. The molecule has 2 N–H and O–H groups in total. The summed E-state index contributed by atoms with van der Waals surface area (Å²) in [5.41, 5.74) is 8.31. The van der Waals surface area contributed by atoms with E-state index in [2.05, 4.69) is 28.8 Å². The van der Waals surface area contributed by atoms with E-state index < -0.39 is 0 Å². The number of hydrogen-bond donors (Lipinski definition) is 2. The predicted octanol–water partition coefficient (Wildman–Crippen LogP) is 3.55. The number of nitrogens with zero attached hydrogens (tertiary/aromatic N) is 1. The number of rotatable bonds is 7. The van der Waals surface area contributed by atoms with E-state index in [-0.39, 0.29) is 5.91 Å². The summed E-state index contributed by atoms with van der Waals surface area (Å²) in [4.78, 5) is 16.0. The lowest BCUT2D eigenvalue weighted by Crippen LogP contribution is -2.36. The minimum absolute atomic E-state index is 0.181. The molecular weight excluding hydrogens is 274 g/mol. The highest BCUT2D eigenvalue weighted by atomic mass is 16.2. The Balaban J connectivity index is 2.04. The van der Waals surface area contributed by atoms with Crippen molar-refractivity contribution in [3.05, 3.63) is 72.1 Å². The quantitative estimate of drug-likeness (QED) is 0.607. The average Bonchev–Trinajstić information content (AvgIpc) is 2.59. The fourth-order valence-corrected chi connectivity index (χ4v) is 2.01. The first-order valence-corrected chi connectivity index (χ1v) is 7.53. The van der Waals surface area contributed by atoms with E-state index in [9.17, 15) is 4.79 Å². The summed E-state index contributed by atoms with van der Waals surface area (Å²) in [5, 5.41) is 0. The fourth-order valence-electron chi connectivity index (χ4n) is 2.01. The second kappa shape index (κ2) is 8.62. The molecule has 0 spiro atoms. The summed E-state index contributed by atoms with van der Waals surface area (Å²) < 4.78 is 0. The van der Waals surface area contributed by atoms with Crippen molar-refractivity contribution in [1.82, 2.24) is 15.8 Å². The Morgan fingerprint density at radius 2 is 1.77 bits per heavy atom. The number of hydrogen-bond acceptors (Lipinski definition) is 3. The molecule has 0 saturated carbocycles. The molecule has 0 aliphatic rings. The number of benzene rings is 1. The first-order chi connectivity index (χ1) is 10.8. The Hall–Kier alpha value is -2.62. The molecule has 0 radical (unpaired) electrons. The molecule has 2 rings (SSSR count). The minimum atomic E-state index is -0.181. The highest BCUT2D eigenvalue weighted by molar-refractivity contribution is 5.94. The number of carbonyl (C=O) groups excluding carboxylic acids is 1. The first-order valence-electron chi connectivity index (χ1n) is 7.53.